The largest absolute Gasteiger partial charge is 0.369 e. The SMILES string of the molecule is NC(=O)Cc1cc2ncccn2n1. The van der Waals surface area contributed by atoms with Crippen LogP contribution in [0, 0.1) is 0 Å². The normalized spacial score (nSPS) is 10.5. The summed E-state index contributed by atoms with van der Waals surface area (Å²) >= 11 is 0. The summed E-state index contributed by atoms with van der Waals surface area (Å²) in [6.45, 7) is 0. The molecule has 0 aliphatic heterocycles. The van der Waals surface area contributed by atoms with E-state index in [4.69, 9.17) is 5.73 Å². The Morgan fingerprint density at radius 2 is 2.46 bits per heavy atom. The van der Waals surface area contributed by atoms with Gasteiger partial charge < -0.3 is 5.73 Å². The zero-order chi connectivity index (χ0) is 9.26. The van der Waals surface area contributed by atoms with E-state index in [1.54, 1.807) is 29.0 Å². The van der Waals surface area contributed by atoms with Crippen molar-refractivity contribution in [2.75, 3.05) is 0 Å². The number of aromatic nitrogens is 3. The molecule has 5 nitrogen and oxygen atoms in total. The lowest BCUT2D eigenvalue weighted by atomic mass is 10.3. The van der Waals surface area contributed by atoms with Gasteiger partial charge in [0, 0.05) is 18.5 Å². The maximum absolute atomic E-state index is 10.6. The van der Waals surface area contributed by atoms with Crippen molar-refractivity contribution >= 4 is 11.6 Å². The van der Waals surface area contributed by atoms with E-state index in [1.165, 1.54) is 0 Å². The smallest absolute Gasteiger partial charge is 0.223 e. The Labute approximate surface area is 74.2 Å². The van der Waals surface area contributed by atoms with Crippen molar-refractivity contribution in [3.8, 4) is 0 Å². The molecular weight excluding hydrogens is 168 g/mol. The lowest BCUT2D eigenvalue weighted by Crippen LogP contribution is -2.13. The van der Waals surface area contributed by atoms with Crippen LogP contribution in [0.2, 0.25) is 0 Å². The lowest BCUT2D eigenvalue weighted by molar-refractivity contribution is -0.117. The Bertz CT molecular complexity index is 415. The van der Waals surface area contributed by atoms with Crippen molar-refractivity contribution in [2.24, 2.45) is 5.73 Å². The molecular formula is C8H8N4O. The third kappa shape index (κ3) is 1.48. The van der Waals surface area contributed by atoms with Gasteiger partial charge >= 0.3 is 0 Å². The van der Waals surface area contributed by atoms with Crippen LogP contribution in [0.15, 0.2) is 24.5 Å². The minimum absolute atomic E-state index is 0.156. The van der Waals surface area contributed by atoms with Crippen LogP contribution in [-0.4, -0.2) is 20.5 Å². The van der Waals surface area contributed by atoms with Crippen LogP contribution in [0.3, 0.4) is 0 Å². The molecule has 66 valence electrons. The Morgan fingerprint density at radius 1 is 1.62 bits per heavy atom. The second-order valence-electron chi connectivity index (χ2n) is 2.70. The van der Waals surface area contributed by atoms with Gasteiger partial charge in [-0.2, -0.15) is 5.10 Å². The molecule has 0 spiro atoms. The summed E-state index contributed by atoms with van der Waals surface area (Å²) in [6, 6.07) is 3.51. The number of hydrogen-bond acceptors (Lipinski definition) is 3. The van der Waals surface area contributed by atoms with Crippen LogP contribution in [0.1, 0.15) is 5.69 Å². The lowest BCUT2D eigenvalue weighted by Gasteiger charge is -1.87. The van der Waals surface area contributed by atoms with E-state index in [1.807, 2.05) is 0 Å². The molecule has 0 saturated carbocycles. The Kier molecular flexibility index (Phi) is 1.70. The number of nitrogens with two attached hydrogens (primary N) is 1. The maximum Gasteiger partial charge on any atom is 0.223 e. The molecule has 0 bridgehead atoms. The van der Waals surface area contributed by atoms with Crippen LogP contribution in [-0.2, 0) is 11.2 Å². The Balaban J connectivity index is 2.44. The predicted octanol–water partition coefficient (Wildman–Crippen LogP) is -0.243. The first-order chi connectivity index (χ1) is 6.25. The topological polar surface area (TPSA) is 73.3 Å². The molecule has 0 aliphatic rings. The second kappa shape index (κ2) is 2.85. The molecule has 0 radical (unpaired) electrons. The fraction of sp³-hybridized carbons (Fsp3) is 0.125. The van der Waals surface area contributed by atoms with E-state index in [9.17, 15) is 4.79 Å². The molecule has 2 N–H and O–H groups in total. The standard InChI is InChI=1S/C8H8N4O/c9-7(13)4-6-5-8-10-2-1-3-12(8)11-6/h1-3,5H,4H2,(H2,9,13). The van der Waals surface area contributed by atoms with Gasteiger partial charge in [-0.1, -0.05) is 0 Å². The van der Waals surface area contributed by atoms with Crippen LogP contribution < -0.4 is 5.73 Å². The van der Waals surface area contributed by atoms with Crippen molar-refractivity contribution in [1.82, 2.24) is 14.6 Å². The van der Waals surface area contributed by atoms with Gasteiger partial charge in [0.1, 0.15) is 0 Å². The van der Waals surface area contributed by atoms with Crippen LogP contribution in [0.25, 0.3) is 5.65 Å². The zero-order valence-corrected chi connectivity index (χ0v) is 6.84. The summed E-state index contributed by atoms with van der Waals surface area (Å²) in [4.78, 5) is 14.7. The minimum Gasteiger partial charge on any atom is -0.369 e. The van der Waals surface area contributed by atoms with E-state index in [0.29, 0.717) is 5.69 Å². The number of amides is 1. The number of carbonyl (C=O) groups is 1. The van der Waals surface area contributed by atoms with Gasteiger partial charge in [0.2, 0.25) is 5.91 Å². The molecule has 2 rings (SSSR count). The Morgan fingerprint density at radius 3 is 3.15 bits per heavy atom. The maximum atomic E-state index is 10.6. The molecule has 0 aliphatic carbocycles. The number of nitrogens with zero attached hydrogens (tertiary/aromatic N) is 3. The number of primary amides is 1. The van der Waals surface area contributed by atoms with Crippen LogP contribution >= 0.6 is 0 Å². The molecule has 2 aromatic heterocycles. The van der Waals surface area contributed by atoms with E-state index < -0.39 is 0 Å². The van der Waals surface area contributed by atoms with Gasteiger partial charge in [0.15, 0.2) is 5.65 Å². The van der Waals surface area contributed by atoms with E-state index in [2.05, 4.69) is 10.1 Å². The molecule has 2 aromatic rings. The third-order valence-corrected chi connectivity index (χ3v) is 1.64. The molecule has 2 heterocycles. The number of carbonyl (C=O) groups excluding carboxylic acids is 1. The third-order valence-electron chi connectivity index (χ3n) is 1.64. The quantitative estimate of drug-likeness (QED) is 0.686. The Hall–Kier alpha value is -1.91. The molecule has 0 aromatic carbocycles. The summed E-state index contributed by atoms with van der Waals surface area (Å²) in [6.07, 6.45) is 3.60. The van der Waals surface area contributed by atoms with Crippen molar-refractivity contribution in [1.29, 1.82) is 0 Å². The summed E-state index contributed by atoms with van der Waals surface area (Å²) in [5.41, 5.74) is 6.40. The zero-order valence-electron chi connectivity index (χ0n) is 6.84. The molecule has 0 unspecified atom stereocenters. The molecule has 13 heavy (non-hydrogen) atoms. The molecule has 0 atom stereocenters. The minimum atomic E-state index is -0.386. The fourth-order valence-electron chi connectivity index (χ4n) is 1.14. The van der Waals surface area contributed by atoms with Crippen LogP contribution in [0.4, 0.5) is 0 Å². The highest BCUT2D eigenvalue weighted by molar-refractivity contribution is 5.76. The fourth-order valence-corrected chi connectivity index (χ4v) is 1.14. The first-order valence-corrected chi connectivity index (χ1v) is 3.83. The monoisotopic (exact) mass is 176 g/mol. The first kappa shape index (κ1) is 7.72. The summed E-state index contributed by atoms with van der Waals surface area (Å²) in [5, 5.41) is 4.11. The highest BCUT2D eigenvalue weighted by atomic mass is 16.1. The molecule has 5 heteroatoms. The average Bonchev–Trinajstić information content (AvgIpc) is 2.44. The second-order valence-corrected chi connectivity index (χ2v) is 2.70. The van der Waals surface area contributed by atoms with Gasteiger partial charge in [0.25, 0.3) is 0 Å². The van der Waals surface area contributed by atoms with Gasteiger partial charge in [-0.25, -0.2) is 9.50 Å². The van der Waals surface area contributed by atoms with Gasteiger partial charge in [-0.15, -0.1) is 0 Å². The van der Waals surface area contributed by atoms with Crippen LogP contribution in [0.5, 0.6) is 0 Å². The number of rotatable bonds is 2. The highest BCUT2D eigenvalue weighted by Crippen LogP contribution is 2.02. The average molecular weight is 176 g/mol. The first-order valence-electron chi connectivity index (χ1n) is 3.83. The van der Waals surface area contributed by atoms with Gasteiger partial charge in [-0.05, 0) is 6.07 Å². The van der Waals surface area contributed by atoms with Crippen molar-refractivity contribution in [2.45, 2.75) is 6.42 Å². The van der Waals surface area contributed by atoms with Gasteiger partial charge in [-0.3, -0.25) is 4.79 Å². The summed E-state index contributed by atoms with van der Waals surface area (Å²) in [7, 11) is 0. The van der Waals surface area contributed by atoms with E-state index >= 15 is 0 Å². The van der Waals surface area contributed by atoms with Crippen molar-refractivity contribution in [3.63, 3.8) is 0 Å². The summed E-state index contributed by atoms with van der Waals surface area (Å²) < 4.78 is 1.61. The predicted molar refractivity (Wildman–Crippen MR) is 45.9 cm³/mol. The van der Waals surface area contributed by atoms with E-state index in [-0.39, 0.29) is 12.3 Å². The van der Waals surface area contributed by atoms with Crippen molar-refractivity contribution < 1.29 is 4.79 Å². The number of hydrogen-bond donors (Lipinski definition) is 1. The highest BCUT2D eigenvalue weighted by Gasteiger charge is 2.03. The molecule has 0 saturated heterocycles. The van der Waals surface area contributed by atoms with Crippen molar-refractivity contribution in [3.05, 3.63) is 30.2 Å². The van der Waals surface area contributed by atoms with Gasteiger partial charge in [0.05, 0.1) is 12.1 Å². The number of fused-ring (bicyclic) bond motifs is 1. The molecule has 1 amide bonds. The van der Waals surface area contributed by atoms with E-state index in [0.717, 1.165) is 5.65 Å². The summed E-state index contributed by atoms with van der Waals surface area (Å²) in [5.74, 6) is -0.386. The molecule has 0 fully saturated rings.